The van der Waals surface area contributed by atoms with Crippen LogP contribution in [0.15, 0.2) is 24.4 Å². The Morgan fingerprint density at radius 2 is 1.95 bits per heavy atom. The molecule has 0 amide bonds. The van der Waals surface area contributed by atoms with Crippen LogP contribution in [0.2, 0.25) is 0 Å². The standard InChI is InChI=1S/C13H12F3N3/c1-2-5-17-13-18-7-11(16)12(19-13)9-6-8(14)3-4-10(9)15/h3-4,6-7H,2,5H2,1H3,(H,17,18,19). The highest BCUT2D eigenvalue weighted by Gasteiger charge is 2.14. The summed E-state index contributed by atoms with van der Waals surface area (Å²) in [6.07, 6.45) is 1.77. The highest BCUT2D eigenvalue weighted by atomic mass is 19.1. The van der Waals surface area contributed by atoms with Gasteiger partial charge < -0.3 is 5.32 Å². The monoisotopic (exact) mass is 267 g/mol. The number of halogens is 3. The largest absolute Gasteiger partial charge is 0.354 e. The molecule has 2 aromatic rings. The van der Waals surface area contributed by atoms with E-state index >= 15 is 0 Å². The molecule has 0 saturated carbocycles. The van der Waals surface area contributed by atoms with Gasteiger partial charge in [-0.05, 0) is 24.6 Å². The van der Waals surface area contributed by atoms with Crippen molar-refractivity contribution in [1.29, 1.82) is 0 Å². The summed E-state index contributed by atoms with van der Waals surface area (Å²) in [6, 6.07) is 2.81. The van der Waals surface area contributed by atoms with Gasteiger partial charge >= 0.3 is 0 Å². The van der Waals surface area contributed by atoms with Gasteiger partial charge in [-0.25, -0.2) is 23.1 Å². The zero-order chi connectivity index (χ0) is 13.8. The average molecular weight is 267 g/mol. The van der Waals surface area contributed by atoms with E-state index < -0.39 is 17.5 Å². The zero-order valence-corrected chi connectivity index (χ0v) is 10.3. The van der Waals surface area contributed by atoms with E-state index in [0.717, 1.165) is 30.8 Å². The molecule has 0 aliphatic carbocycles. The van der Waals surface area contributed by atoms with E-state index in [1.165, 1.54) is 0 Å². The van der Waals surface area contributed by atoms with Crippen LogP contribution in [-0.2, 0) is 0 Å². The third kappa shape index (κ3) is 3.01. The van der Waals surface area contributed by atoms with Crippen molar-refractivity contribution in [3.63, 3.8) is 0 Å². The summed E-state index contributed by atoms with van der Waals surface area (Å²) in [6.45, 7) is 2.56. The molecule has 1 N–H and O–H groups in total. The van der Waals surface area contributed by atoms with Gasteiger partial charge in [0.15, 0.2) is 5.82 Å². The highest BCUT2D eigenvalue weighted by molar-refractivity contribution is 5.61. The highest BCUT2D eigenvalue weighted by Crippen LogP contribution is 2.25. The van der Waals surface area contributed by atoms with E-state index in [0.29, 0.717) is 6.54 Å². The molecule has 6 heteroatoms. The number of benzene rings is 1. The van der Waals surface area contributed by atoms with Crippen LogP contribution in [0.3, 0.4) is 0 Å². The van der Waals surface area contributed by atoms with E-state index in [2.05, 4.69) is 15.3 Å². The fraction of sp³-hybridized carbons (Fsp3) is 0.231. The molecule has 0 radical (unpaired) electrons. The molecule has 1 heterocycles. The number of anilines is 1. The molecular weight excluding hydrogens is 255 g/mol. The molecule has 0 saturated heterocycles. The van der Waals surface area contributed by atoms with E-state index in [9.17, 15) is 13.2 Å². The van der Waals surface area contributed by atoms with Crippen molar-refractivity contribution in [2.75, 3.05) is 11.9 Å². The predicted molar refractivity (Wildman–Crippen MR) is 66.1 cm³/mol. The van der Waals surface area contributed by atoms with Gasteiger partial charge in [0.1, 0.15) is 17.3 Å². The lowest BCUT2D eigenvalue weighted by atomic mass is 10.1. The molecule has 0 bridgehead atoms. The maximum absolute atomic E-state index is 13.6. The second kappa shape index (κ2) is 5.69. The molecule has 1 aromatic carbocycles. The third-order valence-electron chi connectivity index (χ3n) is 2.46. The SMILES string of the molecule is CCCNc1ncc(F)c(-c2cc(F)ccc2F)n1. The summed E-state index contributed by atoms with van der Waals surface area (Å²) in [5.74, 6) is -2.01. The second-order valence-electron chi connectivity index (χ2n) is 3.94. The summed E-state index contributed by atoms with van der Waals surface area (Å²) in [7, 11) is 0. The number of nitrogens with zero attached hydrogens (tertiary/aromatic N) is 2. The number of aromatic nitrogens is 2. The maximum Gasteiger partial charge on any atom is 0.223 e. The average Bonchev–Trinajstić information content (AvgIpc) is 2.41. The van der Waals surface area contributed by atoms with Crippen LogP contribution in [-0.4, -0.2) is 16.5 Å². The minimum Gasteiger partial charge on any atom is -0.354 e. The summed E-state index contributed by atoms with van der Waals surface area (Å²) < 4.78 is 40.4. The first-order chi connectivity index (χ1) is 9.11. The molecule has 2 rings (SSSR count). The first kappa shape index (κ1) is 13.3. The smallest absolute Gasteiger partial charge is 0.223 e. The van der Waals surface area contributed by atoms with Gasteiger partial charge in [-0.15, -0.1) is 0 Å². The van der Waals surface area contributed by atoms with Crippen molar-refractivity contribution in [1.82, 2.24) is 9.97 Å². The minimum atomic E-state index is -0.799. The van der Waals surface area contributed by atoms with Gasteiger partial charge in [0, 0.05) is 12.1 Å². The quantitative estimate of drug-likeness (QED) is 0.922. The first-order valence-corrected chi connectivity index (χ1v) is 5.83. The van der Waals surface area contributed by atoms with E-state index in [1.807, 2.05) is 6.92 Å². The molecule has 1 aromatic heterocycles. The van der Waals surface area contributed by atoms with E-state index in [1.54, 1.807) is 0 Å². The van der Waals surface area contributed by atoms with Crippen molar-refractivity contribution in [3.05, 3.63) is 41.8 Å². The summed E-state index contributed by atoms with van der Waals surface area (Å²) in [5, 5.41) is 2.86. The number of hydrogen-bond donors (Lipinski definition) is 1. The maximum atomic E-state index is 13.6. The lowest BCUT2D eigenvalue weighted by Crippen LogP contribution is -2.06. The Morgan fingerprint density at radius 1 is 1.16 bits per heavy atom. The summed E-state index contributed by atoms with van der Waals surface area (Å²) in [4.78, 5) is 7.62. The van der Waals surface area contributed by atoms with Crippen LogP contribution < -0.4 is 5.32 Å². The molecule has 100 valence electrons. The fourth-order valence-corrected chi connectivity index (χ4v) is 1.56. The van der Waals surface area contributed by atoms with Gasteiger partial charge in [-0.1, -0.05) is 6.92 Å². The number of hydrogen-bond acceptors (Lipinski definition) is 3. The van der Waals surface area contributed by atoms with Crippen LogP contribution >= 0.6 is 0 Å². The van der Waals surface area contributed by atoms with Crippen molar-refractivity contribution < 1.29 is 13.2 Å². The molecular formula is C13H12F3N3. The van der Waals surface area contributed by atoms with Crippen molar-refractivity contribution in [2.24, 2.45) is 0 Å². The third-order valence-corrected chi connectivity index (χ3v) is 2.46. The fourth-order valence-electron chi connectivity index (χ4n) is 1.56. The summed E-state index contributed by atoms with van der Waals surface area (Å²) in [5.41, 5.74) is -0.481. The number of nitrogens with one attached hydrogen (secondary N) is 1. The Bertz CT molecular complexity index is 587. The minimum absolute atomic E-state index is 0.182. The molecule has 0 aliphatic heterocycles. The topological polar surface area (TPSA) is 37.8 Å². The van der Waals surface area contributed by atoms with Crippen molar-refractivity contribution in [2.45, 2.75) is 13.3 Å². The first-order valence-electron chi connectivity index (χ1n) is 5.83. The van der Waals surface area contributed by atoms with Crippen LogP contribution in [0.1, 0.15) is 13.3 Å². The summed E-state index contributed by atoms with van der Waals surface area (Å²) >= 11 is 0. The van der Waals surface area contributed by atoms with Gasteiger partial charge in [-0.2, -0.15) is 0 Å². The molecule has 3 nitrogen and oxygen atoms in total. The Balaban J connectivity index is 2.45. The van der Waals surface area contributed by atoms with Crippen LogP contribution in [0, 0.1) is 17.5 Å². The second-order valence-corrected chi connectivity index (χ2v) is 3.94. The van der Waals surface area contributed by atoms with Crippen LogP contribution in [0.25, 0.3) is 11.3 Å². The van der Waals surface area contributed by atoms with Gasteiger partial charge in [-0.3, -0.25) is 0 Å². The van der Waals surface area contributed by atoms with Crippen molar-refractivity contribution >= 4 is 5.95 Å². The Hall–Kier alpha value is -2.11. The van der Waals surface area contributed by atoms with Gasteiger partial charge in [0.05, 0.1) is 6.20 Å². The molecule has 19 heavy (non-hydrogen) atoms. The predicted octanol–water partition coefficient (Wildman–Crippen LogP) is 3.38. The molecule has 0 fully saturated rings. The van der Waals surface area contributed by atoms with E-state index in [4.69, 9.17) is 0 Å². The van der Waals surface area contributed by atoms with Crippen LogP contribution in [0.4, 0.5) is 19.1 Å². The molecule has 0 spiro atoms. The lowest BCUT2D eigenvalue weighted by Gasteiger charge is -2.07. The molecule has 0 aliphatic rings. The van der Waals surface area contributed by atoms with E-state index in [-0.39, 0.29) is 17.2 Å². The Morgan fingerprint density at radius 3 is 2.68 bits per heavy atom. The number of rotatable bonds is 4. The molecule has 0 unspecified atom stereocenters. The Kier molecular flexibility index (Phi) is 3.99. The lowest BCUT2D eigenvalue weighted by molar-refractivity contribution is 0.593. The van der Waals surface area contributed by atoms with Crippen LogP contribution in [0.5, 0.6) is 0 Å². The zero-order valence-electron chi connectivity index (χ0n) is 10.3. The van der Waals surface area contributed by atoms with Gasteiger partial charge in [0.2, 0.25) is 5.95 Å². The van der Waals surface area contributed by atoms with Crippen molar-refractivity contribution in [3.8, 4) is 11.3 Å². The Labute approximate surface area is 108 Å². The molecule has 0 atom stereocenters. The normalized spacial score (nSPS) is 10.5. The van der Waals surface area contributed by atoms with Gasteiger partial charge in [0.25, 0.3) is 0 Å².